The summed E-state index contributed by atoms with van der Waals surface area (Å²) < 4.78 is 11.4. The maximum absolute atomic E-state index is 13.6. The number of hydrogen-bond acceptors (Lipinski definition) is 5. The van der Waals surface area contributed by atoms with Crippen LogP contribution in [0.1, 0.15) is 52.9 Å². The van der Waals surface area contributed by atoms with Gasteiger partial charge >= 0.3 is 0 Å². The number of benzene rings is 1. The molecule has 174 valence electrons. The van der Waals surface area contributed by atoms with Crippen LogP contribution in [0, 0.1) is 6.92 Å². The predicted molar refractivity (Wildman–Crippen MR) is 129 cm³/mol. The first-order valence-electron chi connectivity index (χ1n) is 11.4. The van der Waals surface area contributed by atoms with Crippen LogP contribution in [0.2, 0.25) is 0 Å². The number of carbonyl (C=O) groups is 2. The maximum atomic E-state index is 13.6. The van der Waals surface area contributed by atoms with Gasteiger partial charge in [0, 0.05) is 17.5 Å². The van der Waals surface area contributed by atoms with E-state index in [2.05, 4.69) is 11.4 Å². The first kappa shape index (κ1) is 23.1. The Morgan fingerprint density at radius 1 is 1.24 bits per heavy atom. The summed E-state index contributed by atoms with van der Waals surface area (Å²) in [4.78, 5) is 31.4. The molecule has 33 heavy (non-hydrogen) atoms. The summed E-state index contributed by atoms with van der Waals surface area (Å²) in [5.74, 6) is 0.693. The molecule has 1 aromatic carbocycles. The molecule has 2 atom stereocenters. The van der Waals surface area contributed by atoms with E-state index < -0.39 is 0 Å². The second-order valence-corrected chi connectivity index (χ2v) is 9.44. The average Bonchev–Trinajstić information content (AvgIpc) is 3.53. The van der Waals surface area contributed by atoms with Gasteiger partial charge in [0.1, 0.15) is 18.9 Å². The molecule has 7 heteroatoms. The topological polar surface area (TPSA) is 63.0 Å². The Balaban J connectivity index is 1.53. The normalized spacial score (nSPS) is 16.2. The van der Waals surface area contributed by atoms with Crippen LogP contribution in [0.15, 0.2) is 58.5 Å². The van der Waals surface area contributed by atoms with Gasteiger partial charge in [-0.15, -0.1) is 11.3 Å². The average molecular weight is 467 g/mol. The molecule has 3 heterocycles. The molecule has 0 aliphatic carbocycles. The molecule has 1 aliphatic heterocycles. The summed E-state index contributed by atoms with van der Waals surface area (Å²) in [6.45, 7) is 6.99. The van der Waals surface area contributed by atoms with Crippen molar-refractivity contribution in [3.63, 3.8) is 0 Å². The van der Waals surface area contributed by atoms with Crippen molar-refractivity contribution in [3.8, 4) is 5.75 Å². The molecular weight excluding hydrogens is 436 g/mol. The van der Waals surface area contributed by atoms with Crippen molar-refractivity contribution in [1.29, 1.82) is 0 Å². The molecule has 2 amide bonds. The van der Waals surface area contributed by atoms with Gasteiger partial charge in [-0.3, -0.25) is 9.59 Å². The number of aryl methyl sites for hydroxylation is 1. The zero-order valence-corrected chi connectivity index (χ0v) is 20.1. The second-order valence-electron chi connectivity index (χ2n) is 8.44. The van der Waals surface area contributed by atoms with Crippen molar-refractivity contribution in [1.82, 2.24) is 9.80 Å². The molecule has 0 saturated heterocycles. The fraction of sp³-hybridized carbons (Fsp3) is 0.385. The van der Waals surface area contributed by atoms with E-state index in [0.29, 0.717) is 13.2 Å². The van der Waals surface area contributed by atoms with Crippen LogP contribution in [0.5, 0.6) is 5.75 Å². The molecule has 0 bridgehead atoms. The zero-order chi connectivity index (χ0) is 23.4. The van der Waals surface area contributed by atoms with Crippen LogP contribution in [0.3, 0.4) is 0 Å². The number of carbonyl (C=O) groups excluding carboxylic acids is 2. The van der Waals surface area contributed by atoms with Crippen molar-refractivity contribution in [2.45, 2.75) is 45.7 Å². The zero-order valence-electron chi connectivity index (χ0n) is 19.3. The first-order chi connectivity index (χ1) is 16.0. The highest BCUT2D eigenvalue weighted by Crippen LogP contribution is 2.34. The van der Waals surface area contributed by atoms with Crippen molar-refractivity contribution in [3.05, 3.63) is 75.9 Å². The summed E-state index contributed by atoms with van der Waals surface area (Å²) in [5.41, 5.74) is 2.31. The van der Waals surface area contributed by atoms with Gasteiger partial charge in [-0.1, -0.05) is 24.6 Å². The number of fused-ring (bicyclic) bond motifs is 1. The smallest absolute Gasteiger partial charge is 0.290 e. The third-order valence-corrected chi connectivity index (χ3v) is 7.26. The number of ether oxygens (including phenoxy) is 1. The van der Waals surface area contributed by atoms with E-state index in [1.807, 2.05) is 49.9 Å². The van der Waals surface area contributed by atoms with Crippen LogP contribution in [0.4, 0.5) is 0 Å². The fourth-order valence-corrected chi connectivity index (χ4v) is 5.04. The Morgan fingerprint density at radius 2 is 2.03 bits per heavy atom. The molecule has 4 rings (SSSR count). The summed E-state index contributed by atoms with van der Waals surface area (Å²) in [6.07, 6.45) is 3.04. The molecule has 0 saturated carbocycles. The van der Waals surface area contributed by atoms with E-state index in [1.165, 1.54) is 16.7 Å². The van der Waals surface area contributed by atoms with Crippen LogP contribution < -0.4 is 4.74 Å². The molecule has 0 fully saturated rings. The largest absolute Gasteiger partial charge is 0.491 e. The fourth-order valence-electron chi connectivity index (χ4n) is 4.11. The predicted octanol–water partition coefficient (Wildman–Crippen LogP) is 5.10. The molecule has 0 N–H and O–H groups in total. The van der Waals surface area contributed by atoms with Gasteiger partial charge in [0.2, 0.25) is 5.91 Å². The van der Waals surface area contributed by atoms with E-state index in [0.717, 1.165) is 24.2 Å². The minimum Gasteiger partial charge on any atom is -0.491 e. The minimum atomic E-state index is -0.261. The van der Waals surface area contributed by atoms with E-state index >= 15 is 0 Å². The lowest BCUT2D eigenvalue weighted by Gasteiger charge is -2.38. The number of hydrogen-bond donors (Lipinski definition) is 0. The number of amides is 2. The number of rotatable bonds is 8. The molecule has 6 nitrogen and oxygen atoms in total. The van der Waals surface area contributed by atoms with E-state index in [-0.39, 0.29) is 36.2 Å². The van der Waals surface area contributed by atoms with Crippen molar-refractivity contribution in [2.75, 3.05) is 19.7 Å². The van der Waals surface area contributed by atoms with Gasteiger partial charge in [0.15, 0.2) is 5.76 Å². The Kier molecular flexibility index (Phi) is 7.18. The first-order valence-corrected chi connectivity index (χ1v) is 12.3. The number of furan rings is 1. The Bertz CT molecular complexity index is 1070. The Morgan fingerprint density at radius 3 is 2.73 bits per heavy atom. The molecule has 2 aromatic heterocycles. The summed E-state index contributed by atoms with van der Waals surface area (Å²) >= 11 is 1.72. The lowest BCUT2D eigenvalue weighted by molar-refractivity contribution is -0.136. The van der Waals surface area contributed by atoms with E-state index in [9.17, 15) is 9.59 Å². The molecule has 0 spiro atoms. The molecule has 1 aliphatic rings. The minimum absolute atomic E-state index is 0.00897. The highest BCUT2D eigenvalue weighted by Gasteiger charge is 2.34. The lowest BCUT2D eigenvalue weighted by atomic mass is 10.00. The summed E-state index contributed by atoms with van der Waals surface area (Å²) in [5, 5.41) is 2.07. The second kappa shape index (κ2) is 10.3. The van der Waals surface area contributed by atoms with Crippen molar-refractivity contribution >= 4 is 23.2 Å². The molecule has 3 aromatic rings. The van der Waals surface area contributed by atoms with Crippen molar-refractivity contribution < 1.29 is 18.7 Å². The SMILES string of the molecule is CCC(C)N(CC(=O)N1CCc2sccc2C1COc1ccc(C)cc1)C(=O)c1ccco1. The lowest BCUT2D eigenvalue weighted by Crippen LogP contribution is -2.49. The van der Waals surface area contributed by atoms with Crippen molar-refractivity contribution in [2.24, 2.45) is 0 Å². The van der Waals surface area contributed by atoms with Gasteiger partial charge in [-0.2, -0.15) is 0 Å². The molecular formula is C26H30N2O4S. The van der Waals surface area contributed by atoms with Gasteiger partial charge < -0.3 is 19.0 Å². The van der Waals surface area contributed by atoms with Crippen LogP contribution in [-0.4, -0.2) is 47.4 Å². The highest BCUT2D eigenvalue weighted by molar-refractivity contribution is 7.10. The van der Waals surface area contributed by atoms with Gasteiger partial charge in [-0.25, -0.2) is 0 Å². The highest BCUT2D eigenvalue weighted by atomic mass is 32.1. The van der Waals surface area contributed by atoms with Gasteiger partial charge in [0.25, 0.3) is 5.91 Å². The van der Waals surface area contributed by atoms with E-state index in [4.69, 9.17) is 9.15 Å². The van der Waals surface area contributed by atoms with E-state index in [1.54, 1.807) is 28.4 Å². The van der Waals surface area contributed by atoms with Crippen LogP contribution in [-0.2, 0) is 11.2 Å². The van der Waals surface area contributed by atoms with Crippen LogP contribution in [0.25, 0.3) is 0 Å². The van der Waals surface area contributed by atoms with Gasteiger partial charge in [0.05, 0.1) is 12.3 Å². The molecule has 0 radical (unpaired) electrons. The Labute approximate surface area is 198 Å². The van der Waals surface area contributed by atoms with Crippen LogP contribution >= 0.6 is 11.3 Å². The third-order valence-electron chi connectivity index (χ3n) is 6.27. The Hall–Kier alpha value is -3.06. The summed E-state index contributed by atoms with van der Waals surface area (Å²) in [7, 11) is 0. The molecule has 2 unspecified atom stereocenters. The quantitative estimate of drug-likeness (QED) is 0.464. The van der Waals surface area contributed by atoms with Gasteiger partial charge in [-0.05, 0) is 68.0 Å². The standard InChI is InChI=1S/C26H30N2O4S/c1-4-19(3)28(26(30)23-6-5-14-31-23)16-25(29)27-13-11-24-21(12-15-33-24)22(27)17-32-20-9-7-18(2)8-10-20/h5-10,12,14-15,19,22H,4,11,13,16-17H2,1-3H3. The maximum Gasteiger partial charge on any atom is 0.290 e. The number of thiophene rings is 1. The third kappa shape index (κ3) is 5.14. The number of nitrogens with zero attached hydrogens (tertiary/aromatic N) is 2. The monoisotopic (exact) mass is 466 g/mol. The summed E-state index contributed by atoms with van der Waals surface area (Å²) in [6, 6.07) is 13.1.